The molecule has 2 aromatic heterocycles. The van der Waals surface area contributed by atoms with Gasteiger partial charge in [-0.05, 0) is 33.6 Å². The second kappa shape index (κ2) is 8.08. The first-order valence-corrected chi connectivity index (χ1v) is 9.53. The van der Waals surface area contributed by atoms with Crippen molar-refractivity contribution < 1.29 is 9.53 Å². The number of ether oxygens (including phenoxy) is 1. The number of likely N-dealkylation sites (tertiary alicyclic amines) is 1. The van der Waals surface area contributed by atoms with Gasteiger partial charge in [0.2, 0.25) is 0 Å². The Kier molecular flexibility index (Phi) is 5.79. The largest absolute Gasteiger partial charge is 0.462 e. The van der Waals surface area contributed by atoms with Crippen molar-refractivity contribution in [3.8, 4) is 0 Å². The van der Waals surface area contributed by atoms with E-state index < -0.39 is 0 Å². The van der Waals surface area contributed by atoms with E-state index in [2.05, 4.69) is 33.8 Å². The van der Waals surface area contributed by atoms with Crippen LogP contribution in [0.15, 0.2) is 18.3 Å². The maximum Gasteiger partial charge on any atom is 0.341 e. The van der Waals surface area contributed by atoms with Crippen LogP contribution in [-0.4, -0.2) is 57.9 Å². The van der Waals surface area contributed by atoms with E-state index in [0.717, 1.165) is 54.9 Å². The van der Waals surface area contributed by atoms with Crippen molar-refractivity contribution in [3.63, 3.8) is 0 Å². The molecule has 3 rings (SSSR count). The van der Waals surface area contributed by atoms with Gasteiger partial charge >= 0.3 is 5.97 Å². The molecule has 0 amide bonds. The molecule has 7 nitrogen and oxygen atoms in total. The van der Waals surface area contributed by atoms with Crippen molar-refractivity contribution in [2.75, 3.05) is 31.6 Å². The molecule has 0 aliphatic carbocycles. The molecule has 0 radical (unpaired) electrons. The van der Waals surface area contributed by atoms with Crippen LogP contribution in [0.2, 0.25) is 0 Å². The lowest BCUT2D eigenvalue weighted by atomic mass is 10.0. The summed E-state index contributed by atoms with van der Waals surface area (Å²) in [7, 11) is 1.87. The predicted octanol–water partition coefficient (Wildman–Crippen LogP) is 2.91. The highest BCUT2D eigenvalue weighted by molar-refractivity contribution is 6.05. The van der Waals surface area contributed by atoms with Gasteiger partial charge in [0, 0.05) is 38.9 Å². The minimum atomic E-state index is -0.350. The number of hydrogen-bond acceptors (Lipinski definition) is 6. The van der Waals surface area contributed by atoms with Crippen LogP contribution in [0.1, 0.15) is 42.7 Å². The normalized spacial score (nSPS) is 15.9. The number of fused-ring (bicyclic) bond motifs is 1. The van der Waals surface area contributed by atoms with Gasteiger partial charge in [-0.15, -0.1) is 0 Å². The SMILES string of the molecule is C=C(C)CN1CCC(Nc2c(C(=O)OCC)cnc3c2c(C)nn3C)CC1. The molecule has 1 fully saturated rings. The number of piperidine rings is 1. The Labute approximate surface area is 160 Å². The number of esters is 1. The van der Waals surface area contributed by atoms with Crippen molar-refractivity contribution in [1.29, 1.82) is 0 Å². The molecule has 1 aliphatic heterocycles. The van der Waals surface area contributed by atoms with E-state index in [9.17, 15) is 4.79 Å². The Morgan fingerprint density at radius 3 is 2.74 bits per heavy atom. The van der Waals surface area contributed by atoms with Crippen LogP contribution in [0.25, 0.3) is 11.0 Å². The minimum Gasteiger partial charge on any atom is -0.462 e. The van der Waals surface area contributed by atoms with Crippen LogP contribution in [0.4, 0.5) is 5.69 Å². The zero-order valence-corrected chi connectivity index (χ0v) is 16.7. The summed E-state index contributed by atoms with van der Waals surface area (Å²) in [6, 6.07) is 0.296. The van der Waals surface area contributed by atoms with Crippen LogP contribution < -0.4 is 5.32 Å². The Morgan fingerprint density at radius 1 is 1.41 bits per heavy atom. The van der Waals surface area contributed by atoms with E-state index in [4.69, 9.17) is 4.74 Å². The van der Waals surface area contributed by atoms with Gasteiger partial charge in [0.15, 0.2) is 5.65 Å². The van der Waals surface area contributed by atoms with E-state index in [0.29, 0.717) is 18.2 Å². The Balaban J connectivity index is 1.89. The second-order valence-corrected chi connectivity index (χ2v) is 7.33. The van der Waals surface area contributed by atoms with E-state index in [-0.39, 0.29) is 5.97 Å². The molecular formula is C20H29N5O2. The summed E-state index contributed by atoms with van der Waals surface area (Å²) in [4.78, 5) is 19.4. The van der Waals surface area contributed by atoms with Crippen LogP contribution >= 0.6 is 0 Å². The average Bonchev–Trinajstić information content (AvgIpc) is 2.91. The number of hydrogen-bond donors (Lipinski definition) is 1. The molecule has 3 heterocycles. The number of pyridine rings is 1. The van der Waals surface area contributed by atoms with Gasteiger partial charge in [-0.25, -0.2) is 9.78 Å². The van der Waals surface area contributed by atoms with Crippen molar-refractivity contribution >= 4 is 22.7 Å². The smallest absolute Gasteiger partial charge is 0.341 e. The number of rotatable bonds is 6. The van der Waals surface area contributed by atoms with E-state index in [1.807, 2.05) is 20.9 Å². The highest BCUT2D eigenvalue weighted by Gasteiger charge is 2.25. The fraction of sp³-hybridized carbons (Fsp3) is 0.550. The second-order valence-electron chi connectivity index (χ2n) is 7.33. The molecule has 146 valence electrons. The first-order chi connectivity index (χ1) is 12.9. The summed E-state index contributed by atoms with van der Waals surface area (Å²) in [5.41, 5.74) is 4.08. The molecule has 7 heteroatoms. The van der Waals surface area contributed by atoms with Crippen molar-refractivity contribution in [2.45, 2.75) is 39.7 Å². The van der Waals surface area contributed by atoms with Gasteiger partial charge < -0.3 is 10.1 Å². The zero-order valence-electron chi connectivity index (χ0n) is 16.7. The summed E-state index contributed by atoms with van der Waals surface area (Å²) in [5, 5.41) is 8.99. The first kappa shape index (κ1) is 19.4. The lowest BCUT2D eigenvalue weighted by Crippen LogP contribution is -2.40. The maximum absolute atomic E-state index is 12.5. The number of anilines is 1. The van der Waals surface area contributed by atoms with Gasteiger partial charge in [0.25, 0.3) is 0 Å². The standard InChI is InChI=1S/C20H29N5O2/c1-6-27-20(26)16-11-21-19-17(14(4)23-24(19)5)18(16)22-15-7-9-25(10-8-15)12-13(2)3/h11,15H,2,6-10,12H2,1,3-5H3,(H,21,22). The number of aromatic nitrogens is 3. The van der Waals surface area contributed by atoms with E-state index >= 15 is 0 Å². The van der Waals surface area contributed by atoms with E-state index in [1.54, 1.807) is 10.9 Å². The number of nitrogens with one attached hydrogen (secondary N) is 1. The lowest BCUT2D eigenvalue weighted by molar-refractivity contribution is 0.0527. The molecule has 0 spiro atoms. The number of aryl methyl sites for hydroxylation is 2. The fourth-order valence-corrected chi connectivity index (χ4v) is 3.75. The molecule has 0 bridgehead atoms. The summed E-state index contributed by atoms with van der Waals surface area (Å²) in [5.74, 6) is -0.350. The molecular weight excluding hydrogens is 342 g/mol. The Morgan fingerprint density at radius 2 is 2.11 bits per heavy atom. The Bertz CT molecular complexity index is 850. The maximum atomic E-state index is 12.5. The van der Waals surface area contributed by atoms with Gasteiger partial charge in [-0.3, -0.25) is 9.58 Å². The van der Waals surface area contributed by atoms with Gasteiger partial charge in [-0.2, -0.15) is 5.10 Å². The van der Waals surface area contributed by atoms with Gasteiger partial charge in [0.1, 0.15) is 5.56 Å². The van der Waals surface area contributed by atoms with Crippen LogP contribution in [-0.2, 0) is 11.8 Å². The third-order valence-electron chi connectivity index (χ3n) is 4.95. The molecule has 1 aliphatic rings. The molecule has 1 saturated heterocycles. The highest BCUT2D eigenvalue weighted by Crippen LogP contribution is 2.31. The molecule has 0 atom stereocenters. The molecule has 0 aromatic carbocycles. The van der Waals surface area contributed by atoms with Crippen molar-refractivity contribution in [3.05, 3.63) is 29.6 Å². The summed E-state index contributed by atoms with van der Waals surface area (Å²) in [6.45, 7) is 13.1. The third kappa shape index (κ3) is 4.13. The van der Waals surface area contributed by atoms with Crippen LogP contribution in [0, 0.1) is 6.92 Å². The lowest BCUT2D eigenvalue weighted by Gasteiger charge is -2.33. The Hall–Kier alpha value is -2.41. The van der Waals surface area contributed by atoms with Crippen molar-refractivity contribution in [2.24, 2.45) is 7.05 Å². The molecule has 1 N–H and O–H groups in total. The summed E-state index contributed by atoms with van der Waals surface area (Å²) in [6.07, 6.45) is 3.62. The third-order valence-corrected chi connectivity index (χ3v) is 4.95. The number of nitrogens with zero attached hydrogens (tertiary/aromatic N) is 4. The number of carbonyl (C=O) groups is 1. The highest BCUT2D eigenvalue weighted by atomic mass is 16.5. The molecule has 0 unspecified atom stereocenters. The minimum absolute atomic E-state index is 0.296. The van der Waals surface area contributed by atoms with Crippen LogP contribution in [0.5, 0.6) is 0 Å². The monoisotopic (exact) mass is 371 g/mol. The predicted molar refractivity (Wildman–Crippen MR) is 107 cm³/mol. The van der Waals surface area contributed by atoms with Gasteiger partial charge in [0.05, 0.1) is 23.4 Å². The van der Waals surface area contributed by atoms with Crippen LogP contribution in [0.3, 0.4) is 0 Å². The van der Waals surface area contributed by atoms with Crippen molar-refractivity contribution in [1.82, 2.24) is 19.7 Å². The fourth-order valence-electron chi connectivity index (χ4n) is 3.75. The summed E-state index contributed by atoms with van der Waals surface area (Å²) >= 11 is 0. The quantitative estimate of drug-likeness (QED) is 0.622. The van der Waals surface area contributed by atoms with E-state index in [1.165, 1.54) is 5.57 Å². The topological polar surface area (TPSA) is 72.3 Å². The zero-order chi connectivity index (χ0) is 19.6. The average molecular weight is 371 g/mol. The first-order valence-electron chi connectivity index (χ1n) is 9.53. The molecule has 27 heavy (non-hydrogen) atoms. The molecule has 0 saturated carbocycles. The number of carbonyl (C=O) groups excluding carboxylic acids is 1. The molecule has 2 aromatic rings. The summed E-state index contributed by atoms with van der Waals surface area (Å²) < 4.78 is 7.00. The van der Waals surface area contributed by atoms with Gasteiger partial charge in [-0.1, -0.05) is 12.2 Å².